The van der Waals surface area contributed by atoms with Gasteiger partial charge in [-0.05, 0) is 48.4 Å². The van der Waals surface area contributed by atoms with E-state index in [0.29, 0.717) is 29.0 Å². The topological polar surface area (TPSA) is 91.9 Å². The Morgan fingerprint density at radius 3 is 2.64 bits per heavy atom. The van der Waals surface area contributed by atoms with E-state index in [4.69, 9.17) is 9.47 Å². The number of benzene rings is 3. The van der Waals surface area contributed by atoms with Crippen molar-refractivity contribution in [1.29, 1.82) is 0 Å². The number of Topliss-reactive ketones (excluding diaryl/α,β-unsaturated/α-hetero) is 1. The number of H-pyrrole nitrogens is 1. The maximum atomic E-state index is 13.4. The molecule has 4 aromatic rings. The lowest BCUT2D eigenvalue weighted by molar-refractivity contribution is -0.139. The number of ether oxygens (including phenoxy) is 2. The number of aromatic amines is 1. The molecule has 0 radical (unpaired) electrons. The van der Waals surface area contributed by atoms with E-state index in [1.165, 1.54) is 17.0 Å². The van der Waals surface area contributed by atoms with E-state index in [1.54, 1.807) is 36.5 Å². The van der Waals surface area contributed by atoms with Crippen molar-refractivity contribution < 1.29 is 28.6 Å². The first-order valence-electron chi connectivity index (χ1n) is 11.5. The van der Waals surface area contributed by atoms with E-state index in [0.717, 1.165) is 16.5 Å². The number of aromatic nitrogens is 1. The van der Waals surface area contributed by atoms with E-state index in [2.05, 4.69) is 4.98 Å². The molecule has 0 spiro atoms. The Labute approximate surface area is 205 Å². The quantitative estimate of drug-likeness (QED) is 0.243. The van der Waals surface area contributed by atoms with Crippen LogP contribution in [-0.4, -0.2) is 40.0 Å². The number of carbonyl (C=O) groups excluding carboxylic acids is 2. The summed E-state index contributed by atoms with van der Waals surface area (Å²) in [6.45, 7) is 0.279. The third kappa shape index (κ3) is 3.58. The number of fused-ring (bicyclic) bond motifs is 2. The van der Waals surface area contributed by atoms with Crippen LogP contribution in [0, 0.1) is 5.82 Å². The standard InChI is InChI=1S/C28H21FN2O5/c29-18-8-5-16(6-9-18)11-12-31-25(20-14-30-21-4-2-1-3-19(20)21)24(27(33)28(31)34)26(32)17-7-10-22-23(13-17)36-15-35-22/h1-10,13-14,25,30,32H,11-12,15H2/b26-24+. The van der Waals surface area contributed by atoms with Gasteiger partial charge in [0.15, 0.2) is 11.5 Å². The summed E-state index contributed by atoms with van der Waals surface area (Å²) in [6.07, 6.45) is 2.18. The number of aliphatic hydroxyl groups is 1. The number of halogens is 1. The molecule has 7 nitrogen and oxygen atoms in total. The number of para-hydroxylation sites is 1. The van der Waals surface area contributed by atoms with Gasteiger partial charge >= 0.3 is 0 Å². The van der Waals surface area contributed by atoms with Gasteiger partial charge in [-0.3, -0.25) is 9.59 Å². The molecule has 1 unspecified atom stereocenters. The number of amides is 1. The summed E-state index contributed by atoms with van der Waals surface area (Å²) >= 11 is 0. The Morgan fingerprint density at radius 1 is 1.03 bits per heavy atom. The third-order valence-electron chi connectivity index (χ3n) is 6.66. The van der Waals surface area contributed by atoms with Crippen LogP contribution >= 0.6 is 0 Å². The minimum Gasteiger partial charge on any atom is -0.507 e. The Bertz CT molecular complexity index is 1540. The van der Waals surface area contributed by atoms with Gasteiger partial charge in [-0.1, -0.05) is 30.3 Å². The summed E-state index contributed by atoms with van der Waals surface area (Å²) in [5.74, 6) is -1.10. The number of ketones is 1. The predicted molar refractivity (Wildman–Crippen MR) is 130 cm³/mol. The number of aliphatic hydroxyl groups excluding tert-OH is 1. The normalized spacial score (nSPS) is 18.4. The molecule has 0 saturated carbocycles. The van der Waals surface area contributed by atoms with Crippen LogP contribution in [0.3, 0.4) is 0 Å². The first kappa shape index (κ1) is 21.9. The number of nitrogens with one attached hydrogen (secondary N) is 1. The monoisotopic (exact) mass is 484 g/mol. The van der Waals surface area contributed by atoms with Gasteiger partial charge in [-0.15, -0.1) is 0 Å². The highest BCUT2D eigenvalue weighted by molar-refractivity contribution is 6.46. The third-order valence-corrected chi connectivity index (χ3v) is 6.66. The second-order valence-corrected chi connectivity index (χ2v) is 8.73. The minimum absolute atomic E-state index is 0.00252. The molecule has 3 heterocycles. The van der Waals surface area contributed by atoms with E-state index in [1.807, 2.05) is 24.3 Å². The Balaban J connectivity index is 1.46. The fourth-order valence-electron chi connectivity index (χ4n) is 4.85. The van der Waals surface area contributed by atoms with Gasteiger partial charge in [-0.2, -0.15) is 0 Å². The zero-order valence-electron chi connectivity index (χ0n) is 19.0. The van der Waals surface area contributed by atoms with E-state index in [-0.39, 0.29) is 30.5 Å². The van der Waals surface area contributed by atoms with Crippen LogP contribution in [0.4, 0.5) is 4.39 Å². The van der Waals surface area contributed by atoms with Crippen molar-refractivity contribution >= 4 is 28.4 Å². The molecule has 2 aliphatic rings. The molecular formula is C28H21FN2O5. The number of hydrogen-bond acceptors (Lipinski definition) is 5. The maximum absolute atomic E-state index is 13.4. The number of likely N-dealkylation sites (tertiary alicyclic amines) is 1. The second kappa shape index (κ2) is 8.57. The molecule has 0 aliphatic carbocycles. The van der Waals surface area contributed by atoms with Crippen molar-refractivity contribution in [3.8, 4) is 11.5 Å². The molecule has 0 bridgehead atoms. The lowest BCUT2D eigenvalue weighted by Gasteiger charge is -2.25. The molecule has 1 saturated heterocycles. The average Bonchev–Trinajstić information content (AvgIpc) is 3.60. The van der Waals surface area contributed by atoms with Gasteiger partial charge in [0, 0.05) is 34.8 Å². The van der Waals surface area contributed by atoms with Crippen LogP contribution in [0.2, 0.25) is 0 Å². The second-order valence-electron chi connectivity index (χ2n) is 8.73. The number of carbonyl (C=O) groups is 2. The van der Waals surface area contributed by atoms with Crippen molar-refractivity contribution in [2.24, 2.45) is 0 Å². The van der Waals surface area contributed by atoms with E-state index >= 15 is 0 Å². The summed E-state index contributed by atoms with van der Waals surface area (Å²) in [6, 6.07) is 17.7. The molecule has 2 aliphatic heterocycles. The van der Waals surface area contributed by atoms with Crippen LogP contribution in [0.5, 0.6) is 11.5 Å². The molecule has 2 N–H and O–H groups in total. The van der Waals surface area contributed by atoms with Gasteiger partial charge in [-0.25, -0.2) is 4.39 Å². The van der Waals surface area contributed by atoms with Crippen LogP contribution in [0.15, 0.2) is 78.5 Å². The smallest absolute Gasteiger partial charge is 0.295 e. The van der Waals surface area contributed by atoms with Gasteiger partial charge in [0.05, 0.1) is 11.6 Å². The van der Waals surface area contributed by atoms with Crippen LogP contribution < -0.4 is 9.47 Å². The summed E-state index contributed by atoms with van der Waals surface area (Å²) in [7, 11) is 0. The molecule has 1 aromatic heterocycles. The Morgan fingerprint density at radius 2 is 1.81 bits per heavy atom. The van der Waals surface area contributed by atoms with Crippen molar-refractivity contribution in [3.63, 3.8) is 0 Å². The highest BCUT2D eigenvalue weighted by Gasteiger charge is 2.46. The van der Waals surface area contributed by atoms with Crippen LogP contribution in [0.25, 0.3) is 16.7 Å². The summed E-state index contributed by atoms with van der Waals surface area (Å²) in [5.41, 5.74) is 2.72. The minimum atomic E-state index is -0.813. The first-order chi connectivity index (χ1) is 17.5. The molecule has 36 heavy (non-hydrogen) atoms. The van der Waals surface area contributed by atoms with Crippen molar-refractivity contribution in [2.45, 2.75) is 12.5 Å². The summed E-state index contributed by atoms with van der Waals surface area (Å²) in [5, 5.41) is 12.2. The predicted octanol–water partition coefficient (Wildman–Crippen LogP) is 4.70. The SMILES string of the molecule is O=C1C(=O)N(CCc2ccc(F)cc2)C(c2c[nH]c3ccccc23)/C1=C(\O)c1ccc2c(c1)OCO2. The highest BCUT2D eigenvalue weighted by Crippen LogP contribution is 2.43. The molecule has 180 valence electrons. The maximum Gasteiger partial charge on any atom is 0.295 e. The molecular weight excluding hydrogens is 463 g/mol. The van der Waals surface area contributed by atoms with Crippen molar-refractivity contribution in [1.82, 2.24) is 9.88 Å². The highest BCUT2D eigenvalue weighted by atomic mass is 19.1. The summed E-state index contributed by atoms with van der Waals surface area (Å²) < 4.78 is 24.1. The van der Waals surface area contributed by atoms with Gasteiger partial charge in [0.1, 0.15) is 11.6 Å². The molecule has 3 aromatic carbocycles. The fourth-order valence-corrected chi connectivity index (χ4v) is 4.85. The van der Waals surface area contributed by atoms with Gasteiger partial charge < -0.3 is 24.5 Å². The zero-order valence-corrected chi connectivity index (χ0v) is 19.0. The number of hydrogen-bond donors (Lipinski definition) is 2. The average molecular weight is 484 g/mol. The largest absolute Gasteiger partial charge is 0.507 e. The van der Waals surface area contributed by atoms with Crippen LogP contribution in [-0.2, 0) is 16.0 Å². The van der Waals surface area contributed by atoms with E-state index in [9.17, 15) is 19.1 Å². The van der Waals surface area contributed by atoms with Gasteiger partial charge in [0.2, 0.25) is 6.79 Å². The molecule has 1 fully saturated rings. The zero-order chi connectivity index (χ0) is 24.8. The van der Waals surface area contributed by atoms with Crippen molar-refractivity contribution in [2.75, 3.05) is 13.3 Å². The first-order valence-corrected chi connectivity index (χ1v) is 11.5. The summed E-state index contributed by atoms with van der Waals surface area (Å²) in [4.78, 5) is 31.3. The lowest BCUT2D eigenvalue weighted by Crippen LogP contribution is -2.31. The molecule has 1 amide bonds. The fraction of sp³-hybridized carbons (Fsp3) is 0.143. The lowest BCUT2D eigenvalue weighted by atomic mass is 9.94. The molecule has 1 atom stereocenters. The Hall–Kier alpha value is -4.59. The molecule has 8 heteroatoms. The Kier molecular flexibility index (Phi) is 5.21. The van der Waals surface area contributed by atoms with Crippen LogP contribution in [0.1, 0.15) is 22.7 Å². The van der Waals surface area contributed by atoms with E-state index < -0.39 is 17.7 Å². The van der Waals surface area contributed by atoms with Crippen molar-refractivity contribution in [3.05, 3.63) is 101 Å². The number of nitrogens with zero attached hydrogens (tertiary/aromatic N) is 1. The van der Waals surface area contributed by atoms with Gasteiger partial charge in [0.25, 0.3) is 11.7 Å². The molecule has 6 rings (SSSR count). The number of rotatable bonds is 5.